The Kier molecular flexibility index (Phi) is 8.23. The van der Waals surface area contributed by atoms with Crippen molar-refractivity contribution >= 4 is 22.7 Å². The van der Waals surface area contributed by atoms with Crippen LogP contribution < -0.4 is 10.4 Å². The number of thiazole rings is 1. The lowest BCUT2D eigenvalue weighted by Gasteiger charge is -2.17. The number of aromatic nitrogens is 3. The highest BCUT2D eigenvalue weighted by atomic mass is 32.1. The van der Waals surface area contributed by atoms with Crippen LogP contribution in [-0.4, -0.2) is 18.9 Å². The van der Waals surface area contributed by atoms with Crippen molar-refractivity contribution in [2.45, 2.75) is 53.0 Å². The Morgan fingerprint density at radius 3 is 2.41 bits per heavy atom. The summed E-state index contributed by atoms with van der Waals surface area (Å²) in [6, 6.07) is 16.2. The zero-order valence-electron chi connectivity index (χ0n) is 21.8. The second-order valence-corrected chi connectivity index (χ2v) is 10.1. The lowest BCUT2D eigenvalue weighted by molar-refractivity contribution is -0.384. The third-order valence-electron chi connectivity index (χ3n) is 6.89. The van der Waals surface area contributed by atoms with Crippen LogP contribution in [0.2, 0.25) is 0 Å². The topological polar surface area (TPSA) is 87.4 Å². The van der Waals surface area contributed by atoms with E-state index in [0.29, 0.717) is 11.6 Å². The van der Waals surface area contributed by atoms with Crippen molar-refractivity contribution < 1.29 is 4.92 Å². The highest BCUT2D eigenvalue weighted by Crippen LogP contribution is 2.26. The highest BCUT2D eigenvalue weighted by molar-refractivity contribution is 7.07. The predicted octanol–water partition coefficient (Wildman–Crippen LogP) is 6.37. The maximum Gasteiger partial charge on any atom is 0.297 e. The summed E-state index contributed by atoms with van der Waals surface area (Å²) >= 11 is 1.49. The van der Waals surface area contributed by atoms with Crippen molar-refractivity contribution in [1.82, 2.24) is 13.9 Å². The zero-order valence-corrected chi connectivity index (χ0v) is 22.6. The normalized spacial score (nSPS) is 12.7. The summed E-state index contributed by atoms with van der Waals surface area (Å²) in [7, 11) is 1.87. The second kappa shape index (κ2) is 11.6. The summed E-state index contributed by atoms with van der Waals surface area (Å²) in [5.74, 6) is 0.461. The lowest BCUT2D eigenvalue weighted by Crippen LogP contribution is -2.22. The monoisotopic (exact) mass is 519 g/mol. The van der Waals surface area contributed by atoms with Gasteiger partial charge in [0.2, 0.25) is 0 Å². The molecule has 9 heteroatoms. The quantitative estimate of drug-likeness (QED) is 0.180. The number of benzene rings is 2. The molecule has 0 saturated heterocycles. The van der Waals surface area contributed by atoms with Gasteiger partial charge in [0.25, 0.3) is 11.2 Å². The largest absolute Gasteiger partial charge is 0.316 e. The van der Waals surface area contributed by atoms with E-state index in [2.05, 4.69) is 18.4 Å². The first-order valence-corrected chi connectivity index (χ1v) is 13.6. The molecule has 0 spiro atoms. The van der Waals surface area contributed by atoms with Crippen molar-refractivity contribution in [3.05, 3.63) is 90.9 Å². The first-order valence-electron chi connectivity index (χ1n) is 12.7. The minimum absolute atomic E-state index is 0.0613. The molecule has 8 nitrogen and oxygen atoms in total. The molecular weight excluding hydrogens is 486 g/mol. The molecule has 0 radical (unpaired) electrons. The zero-order chi connectivity index (χ0) is 26.5. The van der Waals surface area contributed by atoms with Gasteiger partial charge in [-0.05, 0) is 49.1 Å². The molecule has 0 amide bonds. The maximum absolute atomic E-state index is 13.5. The Hall–Kier alpha value is -3.72. The Labute approximate surface area is 220 Å². The number of unbranched alkanes of at least 4 members (excludes halogenated alkanes) is 1. The first-order chi connectivity index (χ1) is 17.8. The first kappa shape index (κ1) is 26.3. The number of hydrogen-bond acceptors (Lipinski definition) is 5. The van der Waals surface area contributed by atoms with Crippen molar-refractivity contribution in [3.63, 3.8) is 0 Å². The molecule has 4 aromatic rings. The van der Waals surface area contributed by atoms with Gasteiger partial charge in [-0.2, -0.15) is 0 Å². The Morgan fingerprint density at radius 2 is 1.78 bits per heavy atom. The summed E-state index contributed by atoms with van der Waals surface area (Å²) < 4.78 is 5.65. The van der Waals surface area contributed by atoms with E-state index in [0.717, 1.165) is 59.7 Å². The van der Waals surface area contributed by atoms with Crippen LogP contribution in [0.25, 0.3) is 16.9 Å². The van der Waals surface area contributed by atoms with Crippen LogP contribution in [0.15, 0.2) is 69.8 Å². The SMILES string of the molecule is CCCCC(CC)Cn1c(-c2ccc([N+](=O)[O-])cc2)csc1=Nc1c(C)n(C)n(-c2ccccc2)c1=O. The van der Waals surface area contributed by atoms with E-state index >= 15 is 0 Å². The van der Waals surface area contributed by atoms with Gasteiger partial charge in [0, 0.05) is 31.1 Å². The molecule has 1 atom stereocenters. The molecule has 0 aliphatic rings. The average Bonchev–Trinajstić information content (AvgIpc) is 3.40. The van der Waals surface area contributed by atoms with Crippen LogP contribution in [0.3, 0.4) is 0 Å². The predicted molar refractivity (Wildman–Crippen MR) is 149 cm³/mol. The van der Waals surface area contributed by atoms with Gasteiger partial charge in [-0.3, -0.25) is 19.6 Å². The Bertz CT molecular complexity index is 1490. The molecule has 0 bridgehead atoms. The minimum atomic E-state index is -0.389. The fraction of sp³-hybridized carbons (Fsp3) is 0.357. The molecule has 0 aliphatic heterocycles. The fourth-order valence-corrected chi connectivity index (χ4v) is 5.46. The lowest BCUT2D eigenvalue weighted by atomic mass is 9.99. The molecular formula is C28H33N5O3S. The van der Waals surface area contributed by atoms with Crippen molar-refractivity contribution in [2.75, 3.05) is 0 Å². The number of nitro benzene ring substituents is 1. The molecule has 0 aliphatic carbocycles. The summed E-state index contributed by atoms with van der Waals surface area (Å²) in [5, 5.41) is 13.2. The molecule has 2 aromatic carbocycles. The molecule has 2 heterocycles. The molecule has 4 rings (SSSR count). The van der Waals surface area contributed by atoms with E-state index in [9.17, 15) is 14.9 Å². The van der Waals surface area contributed by atoms with Gasteiger partial charge < -0.3 is 4.57 Å². The third-order valence-corrected chi connectivity index (χ3v) is 7.75. The van der Waals surface area contributed by atoms with E-state index in [4.69, 9.17) is 4.99 Å². The van der Waals surface area contributed by atoms with Crippen molar-refractivity contribution in [2.24, 2.45) is 18.0 Å². The summed E-state index contributed by atoms with van der Waals surface area (Å²) in [5.41, 5.74) is 3.72. The summed E-state index contributed by atoms with van der Waals surface area (Å²) in [4.78, 5) is 29.9. The minimum Gasteiger partial charge on any atom is -0.316 e. The van der Waals surface area contributed by atoms with Gasteiger partial charge in [0.05, 0.1) is 22.0 Å². The number of nitro groups is 1. The molecule has 0 N–H and O–H groups in total. The summed E-state index contributed by atoms with van der Waals surface area (Å²) in [6.45, 7) is 7.08. The highest BCUT2D eigenvalue weighted by Gasteiger charge is 2.18. The van der Waals surface area contributed by atoms with Crippen LogP contribution in [0.1, 0.15) is 45.2 Å². The van der Waals surface area contributed by atoms with Crippen LogP contribution in [0.5, 0.6) is 0 Å². The smallest absolute Gasteiger partial charge is 0.297 e. The standard InChI is InChI=1S/C28H33N5O3S/c1-5-7-11-21(6-2)18-31-25(22-14-16-24(17-15-22)33(35)36)19-37-28(31)29-26-20(3)30(4)32(27(26)34)23-12-9-8-10-13-23/h8-10,12-17,19,21H,5-7,11,18H2,1-4H3. The van der Waals surface area contributed by atoms with E-state index < -0.39 is 0 Å². The van der Waals surface area contributed by atoms with Crippen LogP contribution in [0, 0.1) is 23.0 Å². The maximum atomic E-state index is 13.5. The van der Waals surface area contributed by atoms with E-state index in [1.807, 2.05) is 54.4 Å². The summed E-state index contributed by atoms with van der Waals surface area (Å²) in [6.07, 6.45) is 4.44. The van der Waals surface area contributed by atoms with Gasteiger partial charge in [0.1, 0.15) is 0 Å². The second-order valence-electron chi connectivity index (χ2n) is 9.26. The Balaban J connectivity index is 1.86. The molecule has 0 saturated carbocycles. The Morgan fingerprint density at radius 1 is 1.08 bits per heavy atom. The number of hydrogen-bond donors (Lipinski definition) is 0. The third kappa shape index (κ3) is 5.51. The van der Waals surface area contributed by atoms with Crippen LogP contribution >= 0.6 is 11.3 Å². The average molecular weight is 520 g/mol. The van der Waals surface area contributed by atoms with Crippen LogP contribution in [0.4, 0.5) is 11.4 Å². The number of non-ortho nitro benzene ring substituents is 1. The van der Waals surface area contributed by atoms with Crippen molar-refractivity contribution in [3.8, 4) is 16.9 Å². The fourth-order valence-electron chi connectivity index (χ4n) is 4.53. The van der Waals surface area contributed by atoms with Gasteiger partial charge in [0.15, 0.2) is 10.5 Å². The van der Waals surface area contributed by atoms with E-state index in [1.54, 1.807) is 16.8 Å². The van der Waals surface area contributed by atoms with Gasteiger partial charge >= 0.3 is 0 Å². The van der Waals surface area contributed by atoms with E-state index in [1.165, 1.54) is 23.5 Å². The van der Waals surface area contributed by atoms with Crippen molar-refractivity contribution in [1.29, 1.82) is 0 Å². The molecule has 2 aromatic heterocycles. The number of rotatable bonds is 10. The molecule has 1 unspecified atom stereocenters. The van der Waals surface area contributed by atoms with Gasteiger partial charge in [-0.15, -0.1) is 11.3 Å². The van der Waals surface area contributed by atoms with Gasteiger partial charge in [-0.25, -0.2) is 9.67 Å². The number of para-hydroxylation sites is 1. The molecule has 37 heavy (non-hydrogen) atoms. The molecule has 194 valence electrons. The number of nitrogens with zero attached hydrogens (tertiary/aromatic N) is 5. The van der Waals surface area contributed by atoms with Crippen LogP contribution in [-0.2, 0) is 13.6 Å². The van der Waals surface area contributed by atoms with E-state index in [-0.39, 0.29) is 16.2 Å². The van der Waals surface area contributed by atoms with Gasteiger partial charge in [-0.1, -0.05) is 51.3 Å². The molecule has 0 fully saturated rings.